The fraction of sp³-hybridized carbons (Fsp3) is 0.273. The first-order chi connectivity index (χ1) is 8.49. The second kappa shape index (κ2) is 7.20. The van der Waals surface area contributed by atoms with Crippen LogP contribution in [0.15, 0.2) is 18.2 Å². The molecule has 2 N–H and O–H groups in total. The average Bonchev–Trinajstić information content (AvgIpc) is 2.26. The number of aliphatic carboxylic acids is 1. The lowest BCUT2D eigenvalue weighted by molar-refractivity contribution is -0.142. The number of benzene rings is 1. The molecule has 1 amide bonds. The summed E-state index contributed by atoms with van der Waals surface area (Å²) in [5.41, 5.74) is 0.339. The minimum absolute atomic E-state index is 0.117. The highest BCUT2D eigenvalue weighted by Crippen LogP contribution is 2.18. The lowest BCUT2D eigenvalue weighted by atomic mass is 10.2. The fourth-order valence-corrected chi connectivity index (χ4v) is 1.71. The van der Waals surface area contributed by atoms with Gasteiger partial charge in [-0.1, -0.05) is 23.2 Å². The number of carboxylic acid groups (broad SMARTS) is 1. The number of halogens is 2. The van der Waals surface area contributed by atoms with Gasteiger partial charge in [-0.3, -0.25) is 4.79 Å². The van der Waals surface area contributed by atoms with Crippen LogP contribution in [0.5, 0.6) is 0 Å². The van der Waals surface area contributed by atoms with E-state index in [9.17, 15) is 9.59 Å². The van der Waals surface area contributed by atoms with E-state index in [2.05, 4.69) is 5.32 Å². The maximum absolute atomic E-state index is 11.6. The molecule has 0 fully saturated rings. The Bertz CT molecular complexity index is 430. The number of hydrogen-bond donors (Lipinski definition) is 2. The summed E-state index contributed by atoms with van der Waals surface area (Å²) in [6.07, 6.45) is 0. The van der Waals surface area contributed by atoms with Gasteiger partial charge < -0.3 is 15.2 Å². The zero-order valence-corrected chi connectivity index (χ0v) is 10.8. The number of nitrogens with one attached hydrogen (secondary N) is 1. The van der Waals surface area contributed by atoms with Gasteiger partial charge in [0.2, 0.25) is 0 Å². The van der Waals surface area contributed by atoms with Gasteiger partial charge in [0.25, 0.3) is 5.91 Å². The second-order valence-electron chi connectivity index (χ2n) is 3.36. The van der Waals surface area contributed by atoms with Crippen LogP contribution in [-0.4, -0.2) is 36.7 Å². The minimum atomic E-state index is -1.05. The number of ether oxygens (including phenoxy) is 1. The van der Waals surface area contributed by atoms with E-state index in [-0.39, 0.29) is 19.1 Å². The SMILES string of the molecule is O=C(O)COCCNC(=O)c1cc(Cl)cc(Cl)c1. The van der Waals surface area contributed by atoms with E-state index in [1.165, 1.54) is 18.2 Å². The lowest BCUT2D eigenvalue weighted by Crippen LogP contribution is -2.27. The van der Waals surface area contributed by atoms with Gasteiger partial charge in [-0.25, -0.2) is 4.79 Å². The Hall–Kier alpha value is -1.30. The highest BCUT2D eigenvalue weighted by molar-refractivity contribution is 6.35. The number of carbonyl (C=O) groups excluding carboxylic acids is 1. The predicted octanol–water partition coefficient (Wildman–Crippen LogP) is 1.82. The Morgan fingerprint density at radius 1 is 1.22 bits per heavy atom. The maximum Gasteiger partial charge on any atom is 0.329 e. The molecule has 0 aliphatic heterocycles. The van der Waals surface area contributed by atoms with Crippen molar-refractivity contribution in [3.63, 3.8) is 0 Å². The van der Waals surface area contributed by atoms with Crippen LogP contribution in [0.2, 0.25) is 10.0 Å². The molecule has 0 atom stereocenters. The summed E-state index contributed by atoms with van der Waals surface area (Å²) in [5, 5.41) is 11.6. The zero-order valence-electron chi connectivity index (χ0n) is 9.28. The first kappa shape index (κ1) is 14.8. The molecule has 1 aromatic carbocycles. The van der Waals surface area contributed by atoms with E-state index in [1.807, 2.05) is 0 Å². The summed E-state index contributed by atoms with van der Waals surface area (Å²) >= 11 is 11.5. The molecule has 0 unspecified atom stereocenters. The normalized spacial score (nSPS) is 10.1. The van der Waals surface area contributed by atoms with Gasteiger partial charge in [-0.05, 0) is 18.2 Å². The van der Waals surface area contributed by atoms with E-state index in [4.69, 9.17) is 33.0 Å². The molecule has 0 aliphatic carbocycles. The Morgan fingerprint density at radius 3 is 2.39 bits per heavy atom. The van der Waals surface area contributed by atoms with Gasteiger partial charge in [-0.2, -0.15) is 0 Å². The van der Waals surface area contributed by atoms with Gasteiger partial charge in [0.05, 0.1) is 6.61 Å². The van der Waals surface area contributed by atoms with E-state index in [0.29, 0.717) is 15.6 Å². The van der Waals surface area contributed by atoms with Crippen molar-refractivity contribution in [2.24, 2.45) is 0 Å². The third kappa shape index (κ3) is 5.35. The quantitative estimate of drug-likeness (QED) is 0.784. The summed E-state index contributed by atoms with van der Waals surface area (Å²) in [7, 11) is 0. The van der Waals surface area contributed by atoms with Crippen LogP contribution in [0.25, 0.3) is 0 Å². The summed E-state index contributed by atoms with van der Waals surface area (Å²) in [5.74, 6) is -1.40. The molecule has 0 saturated carbocycles. The Morgan fingerprint density at radius 2 is 1.83 bits per heavy atom. The van der Waals surface area contributed by atoms with Crippen LogP contribution >= 0.6 is 23.2 Å². The first-order valence-corrected chi connectivity index (χ1v) is 5.78. The van der Waals surface area contributed by atoms with Crippen molar-refractivity contribution < 1.29 is 19.4 Å². The molecule has 0 heterocycles. The molecule has 18 heavy (non-hydrogen) atoms. The molecule has 7 heteroatoms. The molecule has 0 radical (unpaired) electrons. The molecule has 1 rings (SSSR count). The maximum atomic E-state index is 11.6. The number of amides is 1. The average molecular weight is 292 g/mol. The first-order valence-electron chi connectivity index (χ1n) is 5.03. The standard InChI is InChI=1S/C11H11Cl2NO4/c12-8-3-7(4-9(13)5-8)11(17)14-1-2-18-6-10(15)16/h3-5H,1-2,6H2,(H,14,17)(H,15,16). The molecule has 0 bridgehead atoms. The molecular weight excluding hydrogens is 281 g/mol. The molecule has 0 saturated heterocycles. The van der Waals surface area contributed by atoms with Crippen LogP contribution in [0.4, 0.5) is 0 Å². The molecule has 0 spiro atoms. The molecule has 0 aromatic heterocycles. The Balaban J connectivity index is 2.38. The van der Waals surface area contributed by atoms with Crippen LogP contribution in [0.1, 0.15) is 10.4 Å². The summed E-state index contributed by atoms with van der Waals surface area (Å²) < 4.78 is 4.76. The van der Waals surface area contributed by atoms with Crippen LogP contribution in [0.3, 0.4) is 0 Å². The Kier molecular flexibility index (Phi) is 5.91. The van der Waals surface area contributed by atoms with Crippen molar-refractivity contribution in [3.8, 4) is 0 Å². The van der Waals surface area contributed by atoms with Gasteiger partial charge in [0, 0.05) is 22.2 Å². The van der Waals surface area contributed by atoms with Crippen molar-refractivity contribution in [2.45, 2.75) is 0 Å². The molecule has 5 nitrogen and oxygen atoms in total. The number of carbonyl (C=O) groups is 2. The fourth-order valence-electron chi connectivity index (χ4n) is 1.18. The number of rotatable bonds is 6. The van der Waals surface area contributed by atoms with Crippen molar-refractivity contribution in [1.82, 2.24) is 5.32 Å². The van der Waals surface area contributed by atoms with Gasteiger partial charge in [-0.15, -0.1) is 0 Å². The van der Waals surface area contributed by atoms with E-state index >= 15 is 0 Å². The lowest BCUT2D eigenvalue weighted by Gasteiger charge is -2.06. The number of hydrogen-bond acceptors (Lipinski definition) is 3. The molecular formula is C11H11Cl2NO4. The van der Waals surface area contributed by atoms with Crippen LogP contribution < -0.4 is 5.32 Å². The third-order valence-corrected chi connectivity index (χ3v) is 2.32. The Labute approximate surface area is 114 Å². The zero-order chi connectivity index (χ0) is 13.5. The van der Waals surface area contributed by atoms with Crippen molar-refractivity contribution in [3.05, 3.63) is 33.8 Å². The summed E-state index contributed by atoms with van der Waals surface area (Å²) in [6.45, 7) is -0.0680. The number of carboxylic acids is 1. The monoisotopic (exact) mass is 291 g/mol. The van der Waals surface area contributed by atoms with Gasteiger partial charge in [0.15, 0.2) is 0 Å². The van der Waals surface area contributed by atoms with E-state index in [0.717, 1.165) is 0 Å². The highest BCUT2D eigenvalue weighted by atomic mass is 35.5. The van der Waals surface area contributed by atoms with Crippen molar-refractivity contribution >= 4 is 35.1 Å². The van der Waals surface area contributed by atoms with E-state index < -0.39 is 12.6 Å². The smallest absolute Gasteiger partial charge is 0.329 e. The topological polar surface area (TPSA) is 75.6 Å². The largest absolute Gasteiger partial charge is 0.480 e. The molecule has 0 aliphatic rings. The second-order valence-corrected chi connectivity index (χ2v) is 4.23. The van der Waals surface area contributed by atoms with Gasteiger partial charge in [0.1, 0.15) is 6.61 Å². The summed E-state index contributed by atoms with van der Waals surface area (Å²) in [6, 6.07) is 4.50. The van der Waals surface area contributed by atoms with E-state index in [1.54, 1.807) is 0 Å². The molecule has 98 valence electrons. The summed E-state index contributed by atoms with van der Waals surface area (Å²) in [4.78, 5) is 21.8. The van der Waals surface area contributed by atoms with Crippen LogP contribution in [-0.2, 0) is 9.53 Å². The highest BCUT2D eigenvalue weighted by Gasteiger charge is 2.07. The van der Waals surface area contributed by atoms with Crippen molar-refractivity contribution in [2.75, 3.05) is 19.8 Å². The minimum Gasteiger partial charge on any atom is -0.480 e. The van der Waals surface area contributed by atoms with Crippen molar-refractivity contribution in [1.29, 1.82) is 0 Å². The van der Waals surface area contributed by atoms with Crippen LogP contribution in [0, 0.1) is 0 Å². The third-order valence-electron chi connectivity index (χ3n) is 1.88. The molecule has 1 aromatic rings. The van der Waals surface area contributed by atoms with Gasteiger partial charge >= 0.3 is 5.97 Å². The predicted molar refractivity (Wildman–Crippen MR) is 67.3 cm³/mol.